The largest absolute Gasteiger partial charge is 0.435 e. The number of hydrogen-bond acceptors (Lipinski definition) is 5. The van der Waals surface area contributed by atoms with Crippen molar-refractivity contribution in [3.8, 4) is 22.8 Å². The number of nitrogens with one attached hydrogen (secondary N) is 2. The molecular weight excluding hydrogens is 409 g/mol. The van der Waals surface area contributed by atoms with Gasteiger partial charge in [0.05, 0.1) is 5.56 Å². The standard InChI is InChI=1S/C24H24FN5O2/c1-24(2)13-30(12-11-28-24)15-5-3-14(4-6-15)21-20(22(26)31)29-23(32-21)19-16-9-10-27-18(16)8-7-17(19)25/h3-10,27-28H,11-13H2,1-2H3,(H2,26,31). The van der Waals surface area contributed by atoms with Crippen LogP contribution >= 0.6 is 0 Å². The van der Waals surface area contributed by atoms with E-state index in [1.165, 1.54) is 6.07 Å². The van der Waals surface area contributed by atoms with Gasteiger partial charge in [0.15, 0.2) is 11.5 Å². The smallest absolute Gasteiger partial charge is 0.271 e. The highest BCUT2D eigenvalue weighted by Crippen LogP contribution is 2.35. The minimum Gasteiger partial charge on any atom is -0.435 e. The van der Waals surface area contributed by atoms with Gasteiger partial charge >= 0.3 is 0 Å². The number of piperazine rings is 1. The van der Waals surface area contributed by atoms with Crippen LogP contribution in [0.4, 0.5) is 10.1 Å². The Balaban J connectivity index is 1.54. The minimum atomic E-state index is -0.732. The molecule has 2 aromatic carbocycles. The van der Waals surface area contributed by atoms with Crippen molar-refractivity contribution in [2.45, 2.75) is 19.4 Å². The molecule has 3 heterocycles. The Labute approximate surface area is 184 Å². The van der Waals surface area contributed by atoms with E-state index in [9.17, 15) is 9.18 Å². The van der Waals surface area contributed by atoms with Crippen LogP contribution < -0.4 is 16.0 Å². The summed E-state index contributed by atoms with van der Waals surface area (Å²) >= 11 is 0. The van der Waals surface area contributed by atoms with Crippen LogP contribution in [0, 0.1) is 5.82 Å². The molecule has 164 valence electrons. The van der Waals surface area contributed by atoms with Gasteiger partial charge in [-0.2, -0.15) is 0 Å². The first-order chi connectivity index (χ1) is 15.3. The number of oxazole rings is 1. The number of nitrogens with two attached hydrogens (primary N) is 1. The van der Waals surface area contributed by atoms with Gasteiger partial charge in [0.25, 0.3) is 5.91 Å². The highest BCUT2D eigenvalue weighted by Gasteiger charge is 2.27. The van der Waals surface area contributed by atoms with E-state index in [4.69, 9.17) is 10.2 Å². The van der Waals surface area contributed by atoms with Crippen LogP contribution in [0.25, 0.3) is 33.7 Å². The average molecular weight is 433 g/mol. The quantitative estimate of drug-likeness (QED) is 0.453. The Kier molecular flexibility index (Phi) is 4.74. The summed E-state index contributed by atoms with van der Waals surface area (Å²) in [5.41, 5.74) is 8.23. The number of nitrogens with zero attached hydrogens (tertiary/aromatic N) is 2. The van der Waals surface area contributed by atoms with Gasteiger partial charge in [0.2, 0.25) is 5.89 Å². The van der Waals surface area contributed by atoms with E-state index < -0.39 is 11.7 Å². The number of anilines is 1. The van der Waals surface area contributed by atoms with E-state index in [1.54, 1.807) is 18.3 Å². The zero-order chi connectivity index (χ0) is 22.5. The second-order valence-electron chi connectivity index (χ2n) is 8.70. The van der Waals surface area contributed by atoms with Crippen LogP contribution in [0.15, 0.2) is 53.1 Å². The highest BCUT2D eigenvalue weighted by molar-refractivity contribution is 5.99. The van der Waals surface area contributed by atoms with E-state index in [0.717, 1.165) is 30.8 Å². The van der Waals surface area contributed by atoms with Crippen molar-refractivity contribution in [3.63, 3.8) is 0 Å². The Bertz CT molecular complexity index is 1310. The van der Waals surface area contributed by atoms with Gasteiger partial charge < -0.3 is 25.4 Å². The van der Waals surface area contributed by atoms with Gasteiger partial charge in [-0.3, -0.25) is 4.79 Å². The first-order valence-electron chi connectivity index (χ1n) is 10.5. The van der Waals surface area contributed by atoms with Crippen LogP contribution in [0.3, 0.4) is 0 Å². The fourth-order valence-corrected chi connectivity index (χ4v) is 4.30. The number of primary amides is 1. The SMILES string of the molecule is CC1(C)CN(c2ccc(-c3oc(-c4c(F)ccc5[nH]ccc45)nc3C(N)=O)cc2)CCN1. The highest BCUT2D eigenvalue weighted by atomic mass is 19.1. The predicted octanol–water partition coefficient (Wildman–Crippen LogP) is 3.92. The van der Waals surface area contributed by atoms with Gasteiger partial charge in [-0.05, 0) is 56.3 Å². The molecule has 0 saturated carbocycles. The molecular formula is C24H24FN5O2. The number of benzene rings is 2. The Hall–Kier alpha value is -3.65. The summed E-state index contributed by atoms with van der Waals surface area (Å²) in [7, 11) is 0. The van der Waals surface area contributed by atoms with E-state index >= 15 is 0 Å². The Morgan fingerprint density at radius 1 is 1.19 bits per heavy atom. The molecule has 1 fully saturated rings. The maximum Gasteiger partial charge on any atom is 0.271 e. The molecule has 7 nitrogen and oxygen atoms in total. The zero-order valence-corrected chi connectivity index (χ0v) is 17.9. The minimum absolute atomic E-state index is 0.0180. The lowest BCUT2D eigenvalue weighted by Crippen LogP contribution is -2.57. The maximum atomic E-state index is 14.7. The lowest BCUT2D eigenvalue weighted by Gasteiger charge is -2.40. The number of carbonyl (C=O) groups excluding carboxylic acids is 1. The lowest BCUT2D eigenvalue weighted by molar-refractivity contribution is 0.0996. The summed E-state index contributed by atoms with van der Waals surface area (Å²) in [6.07, 6.45) is 1.71. The number of carbonyl (C=O) groups is 1. The molecule has 0 aliphatic carbocycles. The number of fused-ring (bicyclic) bond motifs is 1. The summed E-state index contributed by atoms with van der Waals surface area (Å²) in [6.45, 7) is 7.04. The number of halogens is 1. The summed E-state index contributed by atoms with van der Waals surface area (Å²) in [5.74, 6) is -0.974. The molecule has 2 aromatic heterocycles. The van der Waals surface area contributed by atoms with Crippen molar-refractivity contribution in [1.29, 1.82) is 0 Å². The van der Waals surface area contributed by atoms with E-state index in [2.05, 4.69) is 34.0 Å². The number of aromatic amines is 1. The van der Waals surface area contributed by atoms with Crippen LogP contribution in [-0.2, 0) is 0 Å². The second-order valence-corrected chi connectivity index (χ2v) is 8.70. The van der Waals surface area contributed by atoms with Crippen molar-refractivity contribution in [2.24, 2.45) is 5.73 Å². The van der Waals surface area contributed by atoms with Crippen LogP contribution in [0.5, 0.6) is 0 Å². The molecule has 1 aliphatic rings. The molecule has 4 N–H and O–H groups in total. The molecule has 32 heavy (non-hydrogen) atoms. The zero-order valence-electron chi connectivity index (χ0n) is 17.9. The third-order valence-electron chi connectivity index (χ3n) is 5.82. The molecule has 8 heteroatoms. The molecule has 0 atom stereocenters. The number of amides is 1. The summed E-state index contributed by atoms with van der Waals surface area (Å²) in [5, 5.41) is 4.12. The van der Waals surface area contributed by atoms with Crippen molar-refractivity contribution >= 4 is 22.5 Å². The lowest BCUT2D eigenvalue weighted by atomic mass is 10.0. The maximum absolute atomic E-state index is 14.7. The molecule has 0 bridgehead atoms. The van der Waals surface area contributed by atoms with Gasteiger partial charge in [-0.25, -0.2) is 9.37 Å². The normalized spacial score (nSPS) is 15.9. The molecule has 1 amide bonds. The predicted molar refractivity (Wildman–Crippen MR) is 122 cm³/mol. The Morgan fingerprint density at radius 3 is 2.69 bits per heavy atom. The molecule has 5 rings (SSSR count). The van der Waals surface area contributed by atoms with Gasteiger partial charge in [0.1, 0.15) is 5.82 Å². The fourth-order valence-electron chi connectivity index (χ4n) is 4.30. The van der Waals surface area contributed by atoms with Crippen molar-refractivity contribution in [1.82, 2.24) is 15.3 Å². The van der Waals surface area contributed by atoms with Crippen LogP contribution in [0.1, 0.15) is 24.3 Å². The third kappa shape index (κ3) is 3.52. The molecule has 1 aliphatic heterocycles. The molecule has 0 spiro atoms. The van der Waals surface area contributed by atoms with Gasteiger partial charge in [-0.15, -0.1) is 0 Å². The van der Waals surface area contributed by atoms with Crippen molar-refractivity contribution in [2.75, 3.05) is 24.5 Å². The van der Waals surface area contributed by atoms with E-state index in [0.29, 0.717) is 10.9 Å². The van der Waals surface area contributed by atoms with Crippen LogP contribution in [0.2, 0.25) is 0 Å². The molecule has 0 unspecified atom stereocenters. The van der Waals surface area contributed by atoms with Gasteiger partial charge in [-0.1, -0.05) is 0 Å². The molecule has 1 saturated heterocycles. The number of rotatable bonds is 4. The van der Waals surface area contributed by atoms with Crippen molar-refractivity contribution < 1.29 is 13.6 Å². The third-order valence-corrected chi connectivity index (χ3v) is 5.82. The van der Waals surface area contributed by atoms with E-state index in [1.807, 2.05) is 24.3 Å². The number of hydrogen-bond donors (Lipinski definition) is 3. The number of aromatic nitrogens is 2. The van der Waals surface area contributed by atoms with Gasteiger partial charge in [0, 0.05) is 53.5 Å². The summed E-state index contributed by atoms with van der Waals surface area (Å²) in [4.78, 5) is 21.7. The number of H-pyrrole nitrogens is 1. The topological polar surface area (TPSA) is 100 Å². The van der Waals surface area contributed by atoms with E-state index in [-0.39, 0.29) is 28.4 Å². The second kappa shape index (κ2) is 7.49. The van der Waals surface area contributed by atoms with Crippen molar-refractivity contribution in [3.05, 3.63) is 60.2 Å². The fraction of sp³-hybridized carbons (Fsp3) is 0.250. The first-order valence-corrected chi connectivity index (χ1v) is 10.5. The van der Waals surface area contributed by atoms with Crippen LogP contribution in [-0.4, -0.2) is 41.0 Å². The molecule has 4 aromatic rings. The molecule has 0 radical (unpaired) electrons. The Morgan fingerprint density at radius 2 is 1.97 bits per heavy atom. The average Bonchev–Trinajstić information content (AvgIpc) is 3.40. The monoisotopic (exact) mass is 433 g/mol. The summed E-state index contributed by atoms with van der Waals surface area (Å²) < 4.78 is 20.6. The first kappa shape index (κ1) is 20.3. The summed E-state index contributed by atoms with van der Waals surface area (Å²) in [6, 6.07) is 12.4.